The SMILES string of the molecule is CCCCC(CC)CS(=O)(=O)C1CNC2C3NC(NC4NC(NC5C6NCC(S(=O)(=O)CC(CC)CCCC)CC6C(NC6NC(N3)C3CC(S(=O)(=O)CC(CC)CCCC)CNC63)[NH+]5C)C3CC(S(=O)(=O)CC(CC)CCCC)CNC43)C2C1. The molecule has 9 rings (SSSR count). The summed E-state index contributed by atoms with van der Waals surface area (Å²) < 4.78 is 117. The maximum Gasteiger partial charge on any atom is 0.159 e. The Labute approximate surface area is 515 Å². The fourth-order valence-electron chi connectivity index (χ4n) is 17.5. The number of unbranched alkanes of at least 4 members (excludes halogenated alkanes) is 4. The third-order valence-corrected chi connectivity index (χ3v) is 32.3. The van der Waals surface area contributed by atoms with E-state index in [1.165, 1.54) is 4.90 Å². The second kappa shape index (κ2) is 29.9. The number of likely N-dealkylation sites (N-methyl/N-ethyl adjacent to an activating group) is 1. The molecule has 0 aliphatic carbocycles. The maximum atomic E-state index is 14.7. The molecule has 9 aliphatic rings. The Kier molecular flexibility index (Phi) is 24.2. The fourth-order valence-corrected chi connectivity index (χ4v) is 26.3. The number of nitrogens with one attached hydrogen (secondary N) is 12. The van der Waals surface area contributed by atoms with Crippen LogP contribution in [0.3, 0.4) is 0 Å². The highest BCUT2D eigenvalue weighted by molar-refractivity contribution is 7.92. The van der Waals surface area contributed by atoms with Crippen LogP contribution in [0.15, 0.2) is 0 Å². The molecule has 8 bridgehead atoms. The standard InChI is InChI=1S/C61H118N12O8S4/c1-10-18-22-38(14-5)34-82(74,75)42-26-46-50(62-30-42)57-66-54(46)67-58-51-48(28-44(31-63-51)84(78,79)36-40(16-7)24-20-12-3)56(70-58)71-61-53-49(29-45(33-65-53)85(80,81)37-41(17-8)25-21-13-4)60(73(61)9)72-59-52-47(55(68-57)69-59)27-43(32-64-52)83(76,77)35-39(15-6)23-19-11-2/h38-72H,10-37H2,1-9H3/p+1. The third kappa shape index (κ3) is 15.7. The highest BCUT2D eigenvalue weighted by Gasteiger charge is 2.61. The van der Waals surface area contributed by atoms with Crippen LogP contribution in [0.5, 0.6) is 0 Å². The molecule has 85 heavy (non-hydrogen) atoms. The summed E-state index contributed by atoms with van der Waals surface area (Å²) in [5.74, 6) is 0.589. The monoisotopic (exact) mass is 1280 g/mol. The molecule has 0 spiro atoms. The first-order valence-electron chi connectivity index (χ1n) is 34.6. The second-order valence-electron chi connectivity index (χ2n) is 28.5. The molecule has 494 valence electrons. The Morgan fingerprint density at radius 2 is 0.600 bits per heavy atom. The van der Waals surface area contributed by atoms with Gasteiger partial charge in [0, 0.05) is 68.0 Å². The van der Waals surface area contributed by atoms with Crippen LogP contribution < -0.4 is 63.4 Å². The molecule has 0 aromatic carbocycles. The zero-order chi connectivity index (χ0) is 61.0. The summed E-state index contributed by atoms with van der Waals surface area (Å²) in [5.41, 5.74) is 0. The molecule has 25 unspecified atom stereocenters. The summed E-state index contributed by atoms with van der Waals surface area (Å²) >= 11 is 0. The largest absolute Gasteiger partial charge is 0.310 e. The van der Waals surface area contributed by atoms with Crippen LogP contribution >= 0.6 is 0 Å². The number of hydrogen-bond acceptors (Lipinski definition) is 19. The van der Waals surface area contributed by atoms with Crippen LogP contribution in [-0.4, -0.2) is 184 Å². The number of sulfone groups is 4. The van der Waals surface area contributed by atoms with E-state index < -0.39 is 60.3 Å². The number of quaternary nitrogens is 1. The lowest BCUT2D eigenvalue weighted by Crippen LogP contribution is -3.19. The normalized spacial score (nSPS) is 40.2. The fraction of sp³-hybridized carbons (Fsp3) is 1.00. The van der Waals surface area contributed by atoms with E-state index in [2.05, 4.69) is 121 Å². The Balaban J connectivity index is 1.07. The summed E-state index contributed by atoms with van der Waals surface area (Å²) in [6.07, 6.45) is 14.4. The summed E-state index contributed by atoms with van der Waals surface area (Å²) in [7, 11) is -11.7. The van der Waals surface area contributed by atoms with Crippen LogP contribution in [-0.2, 0) is 39.3 Å². The van der Waals surface area contributed by atoms with E-state index in [0.717, 1.165) is 103 Å². The van der Waals surface area contributed by atoms with Gasteiger partial charge in [-0.25, -0.2) is 33.7 Å². The minimum absolute atomic E-state index is 0.107. The van der Waals surface area contributed by atoms with Crippen molar-refractivity contribution in [2.24, 2.45) is 47.3 Å². The molecule has 9 saturated heterocycles. The summed E-state index contributed by atoms with van der Waals surface area (Å²) in [6.45, 7) is 18.4. The Bertz CT molecular complexity index is 2590. The molecule has 9 heterocycles. The molecule has 9 fully saturated rings. The highest BCUT2D eigenvalue weighted by Crippen LogP contribution is 2.39. The Morgan fingerprint density at radius 1 is 0.341 bits per heavy atom. The van der Waals surface area contributed by atoms with Gasteiger partial charge < -0.3 is 26.2 Å². The average Bonchev–Trinajstić information content (AvgIpc) is 2.42. The van der Waals surface area contributed by atoms with Gasteiger partial charge in [0.2, 0.25) is 0 Å². The van der Waals surface area contributed by atoms with Crippen molar-refractivity contribution in [3.63, 3.8) is 0 Å². The van der Waals surface area contributed by atoms with Crippen molar-refractivity contribution in [2.75, 3.05) is 56.2 Å². The average molecular weight is 1280 g/mol. The summed E-state index contributed by atoms with van der Waals surface area (Å²) in [5, 5.41) is 41.5. The minimum Gasteiger partial charge on any atom is -0.310 e. The molecule has 12 N–H and O–H groups in total. The van der Waals surface area contributed by atoms with Crippen molar-refractivity contribution in [3.05, 3.63) is 0 Å². The molecule has 0 aromatic heterocycles. The molecule has 25 atom stereocenters. The lowest BCUT2D eigenvalue weighted by molar-refractivity contribution is -0.926. The first kappa shape index (κ1) is 68.7. The van der Waals surface area contributed by atoms with E-state index in [4.69, 9.17) is 0 Å². The van der Waals surface area contributed by atoms with Gasteiger partial charge in [0.15, 0.2) is 45.5 Å². The molecule has 24 heteroatoms. The third-order valence-electron chi connectivity index (χ3n) is 23.0. The molecule has 20 nitrogen and oxygen atoms in total. The van der Waals surface area contributed by atoms with E-state index in [9.17, 15) is 33.7 Å². The molecular weight excluding hydrogens is 1160 g/mol. The number of fused-ring (bicyclic) bond motifs is 20. The van der Waals surface area contributed by atoms with Gasteiger partial charge in [0.25, 0.3) is 0 Å². The first-order valence-corrected chi connectivity index (χ1v) is 41.4. The van der Waals surface area contributed by atoms with Crippen molar-refractivity contribution < 1.29 is 38.6 Å². The van der Waals surface area contributed by atoms with Crippen LogP contribution in [0, 0.1) is 47.3 Å². The van der Waals surface area contributed by atoms with E-state index in [1.807, 2.05) is 0 Å². The van der Waals surface area contributed by atoms with Crippen LogP contribution in [0.25, 0.3) is 0 Å². The zero-order valence-electron chi connectivity index (χ0n) is 53.6. The van der Waals surface area contributed by atoms with Gasteiger partial charge in [-0.3, -0.25) is 37.2 Å². The summed E-state index contributed by atoms with van der Waals surface area (Å²) in [6, 6.07) is -0.651. The van der Waals surface area contributed by atoms with Gasteiger partial charge >= 0.3 is 0 Å². The molecular formula is C61H119N12O8S4+. The van der Waals surface area contributed by atoms with E-state index in [-0.39, 0.29) is 144 Å². The van der Waals surface area contributed by atoms with Crippen molar-refractivity contribution >= 4 is 39.3 Å². The zero-order valence-corrected chi connectivity index (χ0v) is 56.8. The second-order valence-corrected chi connectivity index (χ2v) is 37.8. The van der Waals surface area contributed by atoms with Crippen LogP contribution in [0.1, 0.15) is 184 Å². The van der Waals surface area contributed by atoms with Crippen molar-refractivity contribution in [2.45, 2.75) is 278 Å². The molecule has 0 radical (unpaired) electrons. The molecule has 0 saturated carbocycles. The van der Waals surface area contributed by atoms with Crippen molar-refractivity contribution in [1.29, 1.82) is 0 Å². The molecule has 9 aliphatic heterocycles. The highest BCUT2D eigenvalue weighted by atomic mass is 32.2. The van der Waals surface area contributed by atoms with Gasteiger partial charge in [0.05, 0.1) is 94.1 Å². The van der Waals surface area contributed by atoms with Gasteiger partial charge in [-0.05, 0) is 75.0 Å². The van der Waals surface area contributed by atoms with Gasteiger partial charge in [0.1, 0.15) is 6.17 Å². The molecule has 0 amide bonds. The van der Waals surface area contributed by atoms with Gasteiger partial charge in [-0.1, -0.05) is 132 Å². The maximum absolute atomic E-state index is 14.7. The van der Waals surface area contributed by atoms with Crippen LogP contribution in [0.2, 0.25) is 0 Å². The number of hydrogen-bond donors (Lipinski definition) is 12. The number of piperidine rings is 4. The predicted molar refractivity (Wildman–Crippen MR) is 342 cm³/mol. The quantitative estimate of drug-likeness (QED) is 0.0536. The number of rotatable bonds is 28. The van der Waals surface area contributed by atoms with Crippen molar-refractivity contribution in [3.8, 4) is 0 Å². The van der Waals surface area contributed by atoms with Gasteiger partial charge in [-0.15, -0.1) is 0 Å². The van der Waals surface area contributed by atoms with Gasteiger partial charge in [-0.2, -0.15) is 0 Å². The van der Waals surface area contributed by atoms with E-state index >= 15 is 0 Å². The Morgan fingerprint density at radius 3 is 0.894 bits per heavy atom. The smallest absolute Gasteiger partial charge is 0.159 e. The topological polar surface area (TPSA) is 273 Å². The lowest BCUT2D eigenvalue weighted by atomic mass is 9.87. The lowest BCUT2D eigenvalue weighted by Gasteiger charge is -2.39. The van der Waals surface area contributed by atoms with E-state index in [0.29, 0.717) is 51.9 Å². The Hall–Kier alpha value is -0.680. The summed E-state index contributed by atoms with van der Waals surface area (Å²) in [4.78, 5) is 1.17. The van der Waals surface area contributed by atoms with Crippen molar-refractivity contribution in [1.82, 2.24) is 58.5 Å². The predicted octanol–water partition coefficient (Wildman–Crippen LogP) is 2.22. The van der Waals surface area contributed by atoms with E-state index in [1.54, 1.807) is 0 Å². The first-order chi connectivity index (χ1) is 40.6. The van der Waals surface area contributed by atoms with Crippen LogP contribution in [0.4, 0.5) is 0 Å². The molecule has 0 aromatic rings. The minimum atomic E-state index is -3.48.